The number of carbonyl (C=O) groups excluding carboxylic acids is 1. The number of pyridine rings is 1. The van der Waals surface area contributed by atoms with Crippen LogP contribution in [-0.4, -0.2) is 21.6 Å². The fourth-order valence-electron chi connectivity index (χ4n) is 1.76. The lowest BCUT2D eigenvalue weighted by Crippen LogP contribution is -2.19. The summed E-state index contributed by atoms with van der Waals surface area (Å²) in [7, 11) is 0. The SMILES string of the molecule is CC(=O)Nc1cc(-n2cc(C(=O)O)ccc2=O)ccc1F. The van der Waals surface area contributed by atoms with Crippen molar-refractivity contribution in [1.82, 2.24) is 4.57 Å². The van der Waals surface area contributed by atoms with E-state index in [0.717, 1.165) is 22.9 Å². The Labute approximate surface area is 118 Å². The van der Waals surface area contributed by atoms with Crippen LogP contribution in [0.5, 0.6) is 0 Å². The van der Waals surface area contributed by atoms with Gasteiger partial charge in [-0.15, -0.1) is 0 Å². The van der Waals surface area contributed by atoms with Crippen LogP contribution in [0.2, 0.25) is 0 Å². The number of amides is 1. The first kappa shape index (κ1) is 14.4. The number of nitrogens with one attached hydrogen (secondary N) is 1. The van der Waals surface area contributed by atoms with Gasteiger partial charge in [-0.05, 0) is 24.3 Å². The third kappa shape index (κ3) is 3.14. The van der Waals surface area contributed by atoms with E-state index >= 15 is 0 Å². The van der Waals surface area contributed by atoms with Gasteiger partial charge in [-0.1, -0.05) is 0 Å². The van der Waals surface area contributed by atoms with E-state index in [9.17, 15) is 18.8 Å². The number of carbonyl (C=O) groups is 2. The first-order chi connectivity index (χ1) is 9.88. The normalized spacial score (nSPS) is 10.2. The molecule has 0 saturated heterocycles. The third-order valence-electron chi connectivity index (χ3n) is 2.70. The van der Waals surface area contributed by atoms with Crippen LogP contribution in [0.3, 0.4) is 0 Å². The predicted molar refractivity (Wildman–Crippen MR) is 73.3 cm³/mol. The van der Waals surface area contributed by atoms with Crippen molar-refractivity contribution in [1.29, 1.82) is 0 Å². The second kappa shape index (κ2) is 5.58. The number of aromatic carboxylic acids is 1. The molecule has 1 aromatic heterocycles. The maximum Gasteiger partial charge on any atom is 0.337 e. The number of benzene rings is 1. The van der Waals surface area contributed by atoms with E-state index in [0.29, 0.717) is 0 Å². The second-order valence-electron chi connectivity index (χ2n) is 4.28. The van der Waals surface area contributed by atoms with Gasteiger partial charge in [0.2, 0.25) is 5.91 Å². The molecule has 108 valence electrons. The Morgan fingerprint density at radius 1 is 1.24 bits per heavy atom. The lowest BCUT2D eigenvalue weighted by Gasteiger charge is -2.10. The van der Waals surface area contributed by atoms with Crippen molar-refractivity contribution in [2.24, 2.45) is 0 Å². The minimum atomic E-state index is -1.19. The topological polar surface area (TPSA) is 88.4 Å². The maximum atomic E-state index is 13.6. The van der Waals surface area contributed by atoms with Gasteiger partial charge in [0.1, 0.15) is 5.82 Å². The molecule has 0 saturated carbocycles. The Bertz CT molecular complexity index is 783. The Morgan fingerprint density at radius 2 is 1.95 bits per heavy atom. The molecule has 0 bridgehead atoms. The zero-order chi connectivity index (χ0) is 15.6. The zero-order valence-electron chi connectivity index (χ0n) is 11.0. The number of carboxylic acids is 1. The molecule has 2 N–H and O–H groups in total. The van der Waals surface area contributed by atoms with Crippen molar-refractivity contribution in [3.63, 3.8) is 0 Å². The molecule has 0 atom stereocenters. The van der Waals surface area contributed by atoms with Crippen LogP contribution >= 0.6 is 0 Å². The summed E-state index contributed by atoms with van der Waals surface area (Å²) in [4.78, 5) is 33.7. The standard InChI is InChI=1S/C14H11FN2O4/c1-8(18)16-12-6-10(3-4-11(12)15)17-7-9(14(20)21)2-5-13(17)19/h2-7H,1H3,(H,16,18)(H,20,21). The third-order valence-corrected chi connectivity index (χ3v) is 2.70. The Morgan fingerprint density at radius 3 is 2.57 bits per heavy atom. The summed E-state index contributed by atoms with van der Waals surface area (Å²) < 4.78 is 14.6. The van der Waals surface area contributed by atoms with Gasteiger partial charge < -0.3 is 10.4 Å². The van der Waals surface area contributed by atoms with E-state index < -0.39 is 23.3 Å². The van der Waals surface area contributed by atoms with Crippen molar-refractivity contribution in [2.75, 3.05) is 5.32 Å². The fraction of sp³-hybridized carbons (Fsp3) is 0.0714. The summed E-state index contributed by atoms with van der Waals surface area (Å²) in [5, 5.41) is 11.2. The van der Waals surface area contributed by atoms with Crippen LogP contribution < -0.4 is 10.9 Å². The largest absolute Gasteiger partial charge is 0.478 e. The number of carboxylic acid groups (broad SMARTS) is 1. The molecule has 0 radical (unpaired) electrons. The summed E-state index contributed by atoms with van der Waals surface area (Å²) in [6.45, 7) is 1.23. The highest BCUT2D eigenvalue weighted by Gasteiger charge is 2.10. The first-order valence-corrected chi connectivity index (χ1v) is 5.92. The maximum absolute atomic E-state index is 13.6. The zero-order valence-corrected chi connectivity index (χ0v) is 11.0. The van der Waals surface area contributed by atoms with Gasteiger partial charge in [0.25, 0.3) is 5.56 Å². The van der Waals surface area contributed by atoms with Crippen molar-refractivity contribution in [3.8, 4) is 5.69 Å². The van der Waals surface area contributed by atoms with E-state index in [4.69, 9.17) is 5.11 Å². The molecule has 0 spiro atoms. The van der Waals surface area contributed by atoms with Gasteiger partial charge >= 0.3 is 5.97 Å². The van der Waals surface area contributed by atoms with E-state index in [1.807, 2.05) is 0 Å². The van der Waals surface area contributed by atoms with E-state index in [2.05, 4.69) is 5.32 Å². The average molecular weight is 290 g/mol. The average Bonchev–Trinajstić information content (AvgIpc) is 2.41. The fourth-order valence-corrected chi connectivity index (χ4v) is 1.76. The molecule has 1 aromatic carbocycles. The molecule has 0 aliphatic heterocycles. The highest BCUT2D eigenvalue weighted by atomic mass is 19.1. The summed E-state index contributed by atoms with van der Waals surface area (Å²) in [6.07, 6.45) is 1.13. The van der Waals surface area contributed by atoms with Gasteiger partial charge in [0.05, 0.1) is 16.9 Å². The number of aromatic nitrogens is 1. The van der Waals surface area contributed by atoms with Crippen LogP contribution in [0, 0.1) is 5.82 Å². The van der Waals surface area contributed by atoms with E-state index in [1.54, 1.807) is 0 Å². The second-order valence-corrected chi connectivity index (χ2v) is 4.28. The lowest BCUT2D eigenvalue weighted by molar-refractivity contribution is -0.114. The van der Waals surface area contributed by atoms with E-state index in [-0.39, 0.29) is 16.9 Å². The number of anilines is 1. The molecular formula is C14H11FN2O4. The predicted octanol–water partition coefficient (Wildman–Crippen LogP) is 1.63. The number of halogens is 1. The molecule has 0 fully saturated rings. The molecule has 2 rings (SSSR count). The highest BCUT2D eigenvalue weighted by molar-refractivity contribution is 5.89. The molecule has 7 heteroatoms. The Hall–Kier alpha value is -2.96. The summed E-state index contributed by atoms with van der Waals surface area (Å²) in [6, 6.07) is 5.93. The minimum Gasteiger partial charge on any atom is -0.478 e. The van der Waals surface area contributed by atoms with Gasteiger partial charge in [0, 0.05) is 19.2 Å². The monoisotopic (exact) mass is 290 g/mol. The van der Waals surface area contributed by atoms with E-state index in [1.165, 1.54) is 25.1 Å². The Balaban J connectivity index is 2.56. The molecule has 0 aliphatic rings. The van der Waals surface area contributed by atoms with Gasteiger partial charge in [-0.25, -0.2) is 9.18 Å². The van der Waals surface area contributed by atoms with Crippen LogP contribution in [-0.2, 0) is 4.79 Å². The molecule has 0 unspecified atom stereocenters. The smallest absolute Gasteiger partial charge is 0.337 e. The van der Waals surface area contributed by atoms with Crippen molar-refractivity contribution < 1.29 is 19.1 Å². The number of hydrogen-bond donors (Lipinski definition) is 2. The molecule has 6 nitrogen and oxygen atoms in total. The summed E-state index contributed by atoms with van der Waals surface area (Å²) >= 11 is 0. The van der Waals surface area contributed by atoms with Crippen molar-refractivity contribution >= 4 is 17.6 Å². The lowest BCUT2D eigenvalue weighted by atomic mass is 10.2. The first-order valence-electron chi connectivity index (χ1n) is 5.92. The minimum absolute atomic E-state index is 0.0833. The molecular weight excluding hydrogens is 279 g/mol. The molecule has 0 aliphatic carbocycles. The van der Waals surface area contributed by atoms with Gasteiger partial charge in [-0.3, -0.25) is 14.2 Å². The molecule has 1 heterocycles. The summed E-state index contributed by atoms with van der Waals surface area (Å²) in [5.74, 6) is -2.30. The van der Waals surface area contributed by atoms with Crippen LogP contribution in [0.25, 0.3) is 5.69 Å². The highest BCUT2D eigenvalue weighted by Crippen LogP contribution is 2.18. The molecule has 1 amide bonds. The number of hydrogen-bond acceptors (Lipinski definition) is 3. The van der Waals surface area contributed by atoms with Gasteiger partial charge in [-0.2, -0.15) is 0 Å². The van der Waals surface area contributed by atoms with Crippen LogP contribution in [0.4, 0.5) is 10.1 Å². The van der Waals surface area contributed by atoms with Crippen molar-refractivity contribution in [3.05, 3.63) is 58.3 Å². The number of rotatable bonds is 3. The van der Waals surface area contributed by atoms with Crippen LogP contribution in [0.1, 0.15) is 17.3 Å². The Kier molecular flexibility index (Phi) is 3.84. The molecule has 2 aromatic rings. The van der Waals surface area contributed by atoms with Gasteiger partial charge in [0.15, 0.2) is 0 Å². The molecule has 21 heavy (non-hydrogen) atoms. The quantitative estimate of drug-likeness (QED) is 0.899. The summed E-state index contributed by atoms with van der Waals surface area (Å²) in [5.41, 5.74) is -0.402. The van der Waals surface area contributed by atoms with Crippen molar-refractivity contribution in [2.45, 2.75) is 6.92 Å². The van der Waals surface area contributed by atoms with Crippen LogP contribution in [0.15, 0.2) is 41.3 Å². The number of nitrogens with zero attached hydrogens (tertiary/aromatic N) is 1.